The lowest BCUT2D eigenvalue weighted by molar-refractivity contribution is -0.130. The largest absolute Gasteiger partial charge is 0.325 e. The van der Waals surface area contributed by atoms with Gasteiger partial charge in [0.1, 0.15) is 5.54 Å². The Labute approximate surface area is 144 Å². The molecule has 0 bridgehead atoms. The molecule has 1 aliphatic rings. The highest BCUT2D eigenvalue weighted by Gasteiger charge is 2.49. The number of nitriles is 1. The van der Waals surface area contributed by atoms with Crippen molar-refractivity contribution in [3.63, 3.8) is 0 Å². The van der Waals surface area contributed by atoms with Gasteiger partial charge in [0.2, 0.25) is 0 Å². The summed E-state index contributed by atoms with van der Waals surface area (Å²) in [6.07, 6.45) is 0. The molecule has 0 aromatic heterocycles. The molecule has 1 atom stereocenters. The average molecular weight is 333 g/mol. The summed E-state index contributed by atoms with van der Waals surface area (Å²) in [7, 11) is 0. The van der Waals surface area contributed by atoms with Gasteiger partial charge in [0.05, 0.1) is 18.2 Å². The molecule has 2 aromatic rings. The first-order chi connectivity index (χ1) is 12.0. The zero-order valence-electron chi connectivity index (χ0n) is 13.5. The lowest BCUT2D eigenvalue weighted by Crippen LogP contribution is -2.41. The zero-order chi connectivity index (χ0) is 18.0. The van der Waals surface area contributed by atoms with Crippen LogP contribution >= 0.6 is 0 Å². The van der Waals surface area contributed by atoms with Gasteiger partial charge < -0.3 is 5.32 Å². The molecule has 0 spiro atoms. The first-order valence-electron chi connectivity index (χ1n) is 7.69. The number of carbonyl (C=O) groups is 3. The molecule has 1 N–H and O–H groups in total. The Hall–Kier alpha value is -3.46. The molecule has 1 aliphatic heterocycles. The minimum Gasteiger partial charge on any atom is -0.319 e. The number of benzene rings is 2. The molecule has 124 valence electrons. The van der Waals surface area contributed by atoms with E-state index in [9.17, 15) is 14.4 Å². The monoisotopic (exact) mass is 333 g/mol. The molecule has 3 rings (SSSR count). The molecule has 2 aromatic carbocycles. The van der Waals surface area contributed by atoms with Crippen LogP contribution in [0.1, 0.15) is 28.4 Å². The van der Waals surface area contributed by atoms with Crippen LogP contribution < -0.4 is 5.32 Å². The Morgan fingerprint density at radius 1 is 1.16 bits per heavy atom. The Balaban J connectivity index is 1.87. The molecule has 0 saturated carbocycles. The van der Waals surface area contributed by atoms with E-state index in [1.807, 2.05) is 6.07 Å². The third-order valence-electron chi connectivity index (χ3n) is 4.24. The van der Waals surface area contributed by atoms with Gasteiger partial charge in [0.15, 0.2) is 5.78 Å². The van der Waals surface area contributed by atoms with Crippen molar-refractivity contribution < 1.29 is 14.4 Å². The summed E-state index contributed by atoms with van der Waals surface area (Å²) in [4.78, 5) is 38.3. The Bertz CT molecular complexity index is 902. The van der Waals surface area contributed by atoms with Crippen LogP contribution in [0.4, 0.5) is 4.79 Å². The lowest BCUT2D eigenvalue weighted by Gasteiger charge is -2.22. The summed E-state index contributed by atoms with van der Waals surface area (Å²) < 4.78 is 0. The molecule has 6 nitrogen and oxygen atoms in total. The lowest BCUT2D eigenvalue weighted by atomic mass is 9.91. The number of hydrogen-bond donors (Lipinski definition) is 1. The van der Waals surface area contributed by atoms with Crippen LogP contribution in [-0.2, 0) is 10.3 Å². The smallest absolute Gasteiger partial charge is 0.319 e. The van der Waals surface area contributed by atoms with Crippen LogP contribution in [0.3, 0.4) is 0 Å². The molecule has 1 unspecified atom stereocenters. The standard InChI is InChI=1S/C19H15N3O3/c1-19(15-9-5-6-13(10-15)11-20)17(24)22(18(25)21-19)12-16(23)14-7-3-2-4-8-14/h2-10H,12H2,1H3,(H,21,25). The number of rotatable bonds is 4. The van der Waals surface area contributed by atoms with Gasteiger partial charge in [0, 0.05) is 5.56 Å². The van der Waals surface area contributed by atoms with Crippen LogP contribution in [0.25, 0.3) is 0 Å². The third kappa shape index (κ3) is 2.88. The van der Waals surface area contributed by atoms with Crippen LogP contribution in [-0.4, -0.2) is 29.2 Å². The van der Waals surface area contributed by atoms with E-state index in [1.54, 1.807) is 61.5 Å². The summed E-state index contributed by atoms with van der Waals surface area (Å²) >= 11 is 0. The summed E-state index contributed by atoms with van der Waals surface area (Å²) in [6.45, 7) is 1.24. The molecule has 1 fully saturated rings. The number of hydrogen-bond acceptors (Lipinski definition) is 4. The minimum atomic E-state index is -1.30. The molecular weight excluding hydrogens is 318 g/mol. The van der Waals surface area contributed by atoms with E-state index in [0.717, 1.165) is 4.90 Å². The molecule has 3 amide bonds. The maximum atomic E-state index is 12.8. The van der Waals surface area contributed by atoms with Crippen LogP contribution in [0.2, 0.25) is 0 Å². The van der Waals surface area contributed by atoms with E-state index < -0.39 is 17.5 Å². The van der Waals surface area contributed by atoms with Gasteiger partial charge in [-0.1, -0.05) is 42.5 Å². The molecule has 0 aliphatic carbocycles. The van der Waals surface area contributed by atoms with Crippen molar-refractivity contribution in [1.82, 2.24) is 10.2 Å². The maximum Gasteiger partial charge on any atom is 0.325 e. The summed E-state index contributed by atoms with van der Waals surface area (Å²) in [5.74, 6) is -0.837. The molecule has 1 saturated heterocycles. The molecular formula is C19H15N3O3. The molecule has 6 heteroatoms. The number of imide groups is 1. The van der Waals surface area contributed by atoms with Crippen molar-refractivity contribution in [2.75, 3.05) is 6.54 Å². The van der Waals surface area contributed by atoms with Crippen molar-refractivity contribution in [3.8, 4) is 6.07 Å². The van der Waals surface area contributed by atoms with Crippen molar-refractivity contribution in [3.05, 3.63) is 71.3 Å². The van der Waals surface area contributed by atoms with Crippen molar-refractivity contribution >= 4 is 17.7 Å². The minimum absolute atomic E-state index is 0.320. The second-order valence-corrected chi connectivity index (χ2v) is 5.93. The predicted octanol–water partition coefficient (Wildman–Crippen LogP) is 2.21. The zero-order valence-corrected chi connectivity index (χ0v) is 13.5. The fourth-order valence-electron chi connectivity index (χ4n) is 2.79. The summed E-state index contributed by atoms with van der Waals surface area (Å²) in [5, 5.41) is 11.7. The molecule has 25 heavy (non-hydrogen) atoms. The third-order valence-corrected chi connectivity index (χ3v) is 4.24. The highest BCUT2D eigenvalue weighted by Crippen LogP contribution is 2.29. The maximum absolute atomic E-state index is 12.8. The highest BCUT2D eigenvalue weighted by molar-refractivity contribution is 6.11. The van der Waals surface area contributed by atoms with Gasteiger partial charge in [0.25, 0.3) is 5.91 Å². The van der Waals surface area contributed by atoms with E-state index in [4.69, 9.17) is 5.26 Å². The van der Waals surface area contributed by atoms with Crippen molar-refractivity contribution in [2.45, 2.75) is 12.5 Å². The van der Waals surface area contributed by atoms with Crippen LogP contribution in [0.15, 0.2) is 54.6 Å². The topological polar surface area (TPSA) is 90.3 Å². The van der Waals surface area contributed by atoms with Crippen LogP contribution in [0, 0.1) is 11.3 Å². The van der Waals surface area contributed by atoms with Crippen LogP contribution in [0.5, 0.6) is 0 Å². The average Bonchev–Trinajstić information content (AvgIpc) is 2.86. The molecule has 1 heterocycles. The van der Waals surface area contributed by atoms with Gasteiger partial charge in [-0.3, -0.25) is 14.5 Å². The Morgan fingerprint density at radius 3 is 2.56 bits per heavy atom. The second-order valence-electron chi connectivity index (χ2n) is 5.93. The fraction of sp³-hybridized carbons (Fsp3) is 0.158. The summed E-state index contributed by atoms with van der Waals surface area (Å²) in [5.41, 5.74) is 0.0169. The first-order valence-corrected chi connectivity index (χ1v) is 7.69. The van der Waals surface area contributed by atoms with Gasteiger partial charge in [-0.15, -0.1) is 0 Å². The number of Topliss-reactive ketones (excluding diaryl/α,β-unsaturated/α-hetero) is 1. The number of nitrogens with zero attached hydrogens (tertiary/aromatic N) is 2. The van der Waals surface area contributed by atoms with E-state index in [-0.39, 0.29) is 12.3 Å². The van der Waals surface area contributed by atoms with E-state index in [2.05, 4.69) is 5.32 Å². The van der Waals surface area contributed by atoms with E-state index >= 15 is 0 Å². The van der Waals surface area contributed by atoms with Crippen molar-refractivity contribution in [2.24, 2.45) is 0 Å². The highest BCUT2D eigenvalue weighted by atomic mass is 16.2. The number of urea groups is 1. The van der Waals surface area contributed by atoms with Gasteiger partial charge in [-0.25, -0.2) is 4.79 Å². The molecule has 0 radical (unpaired) electrons. The quantitative estimate of drug-likeness (QED) is 0.686. The number of amides is 3. The summed E-state index contributed by atoms with van der Waals surface area (Å²) in [6, 6.07) is 16.4. The SMILES string of the molecule is CC1(c2cccc(C#N)c2)NC(=O)N(CC(=O)c2ccccc2)C1=O. The predicted molar refractivity (Wildman–Crippen MR) is 89.5 cm³/mol. The normalized spacial score (nSPS) is 19.4. The van der Waals surface area contributed by atoms with Gasteiger partial charge >= 0.3 is 6.03 Å². The van der Waals surface area contributed by atoms with Gasteiger partial charge in [-0.05, 0) is 24.6 Å². The number of nitrogens with one attached hydrogen (secondary N) is 1. The fourth-order valence-corrected chi connectivity index (χ4v) is 2.79. The van der Waals surface area contributed by atoms with Crippen molar-refractivity contribution in [1.29, 1.82) is 5.26 Å². The van der Waals surface area contributed by atoms with E-state index in [0.29, 0.717) is 16.7 Å². The number of ketones is 1. The Kier molecular flexibility index (Phi) is 4.07. The second kappa shape index (κ2) is 6.21. The van der Waals surface area contributed by atoms with E-state index in [1.165, 1.54) is 0 Å². The first kappa shape index (κ1) is 16.4. The Morgan fingerprint density at radius 2 is 1.88 bits per heavy atom. The van der Waals surface area contributed by atoms with Gasteiger partial charge in [-0.2, -0.15) is 5.26 Å². The number of carbonyl (C=O) groups excluding carboxylic acids is 3.